The Labute approximate surface area is 156 Å². The second-order valence-electron chi connectivity index (χ2n) is 6.77. The van der Waals surface area contributed by atoms with Crippen molar-refractivity contribution in [2.75, 3.05) is 26.3 Å². The van der Waals surface area contributed by atoms with Crippen molar-refractivity contribution < 1.29 is 9.53 Å². The maximum Gasteiger partial charge on any atom is 0.234 e. The van der Waals surface area contributed by atoms with Crippen LogP contribution in [0.2, 0.25) is 0 Å². The van der Waals surface area contributed by atoms with Gasteiger partial charge in [0.05, 0.1) is 12.5 Å². The molecular weight excluding hydrogens is 322 g/mol. The monoisotopic (exact) mass is 347 g/mol. The van der Waals surface area contributed by atoms with Crippen LogP contribution in [0.4, 0.5) is 0 Å². The van der Waals surface area contributed by atoms with Gasteiger partial charge in [0.15, 0.2) is 0 Å². The molecule has 1 fully saturated rings. The van der Waals surface area contributed by atoms with E-state index < -0.39 is 0 Å². The van der Waals surface area contributed by atoms with E-state index in [1.807, 2.05) is 65.6 Å². The van der Waals surface area contributed by atoms with Crippen molar-refractivity contribution in [3.05, 3.63) is 71.8 Å². The summed E-state index contributed by atoms with van der Waals surface area (Å²) >= 11 is 0. The molecule has 1 unspecified atom stereocenters. The average molecular weight is 347 g/mol. The number of amides is 1. The van der Waals surface area contributed by atoms with Crippen LogP contribution in [0.1, 0.15) is 29.9 Å². The van der Waals surface area contributed by atoms with Crippen molar-refractivity contribution in [1.82, 2.24) is 4.90 Å². The molecule has 1 atom stereocenters. The summed E-state index contributed by atoms with van der Waals surface area (Å²) in [6.45, 7) is 2.50. The Kier molecular flexibility index (Phi) is 6.46. The van der Waals surface area contributed by atoms with Crippen molar-refractivity contribution in [3.63, 3.8) is 0 Å². The van der Waals surface area contributed by atoms with Crippen LogP contribution in [0.15, 0.2) is 60.7 Å². The molecule has 2 aromatic carbocycles. The standard InChI is InChI=1S/C23H25NO2/c1-2-16-26-18-19-10-9-15-24(17-19)23(25)22(20-11-5-3-6-12-20)21-13-7-4-8-14-21/h1,3-8,11-14,19,22H,9-10,15-18H2. The number of nitrogens with zero attached hydrogens (tertiary/aromatic N) is 1. The Morgan fingerprint density at radius 3 is 2.31 bits per heavy atom. The molecule has 0 N–H and O–H groups in total. The first kappa shape index (κ1) is 18.2. The summed E-state index contributed by atoms with van der Waals surface area (Å²) in [5.74, 6) is 2.76. The van der Waals surface area contributed by atoms with Crippen molar-refractivity contribution in [3.8, 4) is 12.3 Å². The highest BCUT2D eigenvalue weighted by Crippen LogP contribution is 2.29. The summed E-state index contributed by atoms with van der Waals surface area (Å²) in [5.41, 5.74) is 2.07. The summed E-state index contributed by atoms with van der Waals surface area (Å²) in [6, 6.07) is 20.1. The molecule has 1 amide bonds. The van der Waals surface area contributed by atoms with Crippen LogP contribution in [0, 0.1) is 18.3 Å². The highest BCUT2D eigenvalue weighted by atomic mass is 16.5. The number of benzene rings is 2. The molecule has 2 aromatic rings. The van der Waals surface area contributed by atoms with Crippen LogP contribution < -0.4 is 0 Å². The third kappa shape index (κ3) is 4.53. The summed E-state index contributed by atoms with van der Waals surface area (Å²) < 4.78 is 5.51. The van der Waals surface area contributed by atoms with Gasteiger partial charge < -0.3 is 9.64 Å². The quantitative estimate of drug-likeness (QED) is 0.589. The summed E-state index contributed by atoms with van der Waals surface area (Å²) in [6.07, 6.45) is 7.33. The smallest absolute Gasteiger partial charge is 0.234 e. The molecule has 1 heterocycles. The highest BCUT2D eigenvalue weighted by Gasteiger charge is 2.30. The lowest BCUT2D eigenvalue weighted by Crippen LogP contribution is -2.43. The minimum Gasteiger partial charge on any atom is -0.368 e. The number of rotatable bonds is 6. The number of hydrogen-bond donors (Lipinski definition) is 0. The number of piperidine rings is 1. The number of hydrogen-bond acceptors (Lipinski definition) is 2. The predicted molar refractivity (Wildman–Crippen MR) is 104 cm³/mol. The molecule has 0 spiro atoms. The molecule has 1 aliphatic heterocycles. The predicted octanol–water partition coefficient (Wildman–Crippen LogP) is 3.71. The first-order valence-corrected chi connectivity index (χ1v) is 9.19. The number of carbonyl (C=O) groups is 1. The van der Waals surface area contributed by atoms with E-state index in [0.717, 1.165) is 37.1 Å². The fourth-order valence-corrected chi connectivity index (χ4v) is 3.64. The normalized spacial score (nSPS) is 17.1. The Hall–Kier alpha value is -2.57. The van der Waals surface area contributed by atoms with Gasteiger partial charge in [-0.3, -0.25) is 4.79 Å². The van der Waals surface area contributed by atoms with Crippen molar-refractivity contribution in [2.45, 2.75) is 18.8 Å². The molecule has 1 aliphatic rings. The molecular formula is C23H25NO2. The van der Waals surface area contributed by atoms with Gasteiger partial charge in [-0.2, -0.15) is 0 Å². The first-order chi connectivity index (χ1) is 12.8. The molecule has 3 heteroatoms. The van der Waals surface area contributed by atoms with Gasteiger partial charge in [-0.1, -0.05) is 66.6 Å². The van der Waals surface area contributed by atoms with E-state index in [9.17, 15) is 4.79 Å². The third-order valence-corrected chi connectivity index (χ3v) is 4.88. The van der Waals surface area contributed by atoms with E-state index in [1.54, 1.807) is 0 Å². The van der Waals surface area contributed by atoms with Gasteiger partial charge in [0, 0.05) is 13.1 Å². The van der Waals surface area contributed by atoms with Crippen molar-refractivity contribution in [2.24, 2.45) is 5.92 Å². The number of terminal acetylenes is 1. The number of likely N-dealkylation sites (tertiary alicyclic amines) is 1. The summed E-state index contributed by atoms with van der Waals surface area (Å²) in [7, 11) is 0. The van der Waals surface area contributed by atoms with Gasteiger partial charge >= 0.3 is 0 Å². The lowest BCUT2D eigenvalue weighted by molar-refractivity contribution is -0.134. The minimum atomic E-state index is -0.261. The van der Waals surface area contributed by atoms with Gasteiger partial charge in [0.25, 0.3) is 0 Å². The molecule has 3 rings (SSSR count). The Morgan fingerprint density at radius 1 is 1.12 bits per heavy atom. The molecule has 0 saturated carbocycles. The van der Waals surface area contributed by atoms with Gasteiger partial charge in [-0.15, -0.1) is 6.42 Å². The lowest BCUT2D eigenvalue weighted by atomic mass is 9.88. The zero-order chi connectivity index (χ0) is 18.2. The minimum absolute atomic E-state index is 0.170. The van der Waals surface area contributed by atoms with Gasteiger partial charge in [-0.05, 0) is 29.9 Å². The van der Waals surface area contributed by atoms with Gasteiger partial charge in [0.2, 0.25) is 5.91 Å². The molecule has 0 aromatic heterocycles. The Balaban J connectivity index is 1.78. The van der Waals surface area contributed by atoms with Crippen molar-refractivity contribution >= 4 is 5.91 Å². The van der Waals surface area contributed by atoms with Gasteiger partial charge in [0.1, 0.15) is 6.61 Å². The van der Waals surface area contributed by atoms with Crippen molar-refractivity contribution in [1.29, 1.82) is 0 Å². The SMILES string of the molecule is C#CCOCC1CCCN(C(=O)C(c2ccccc2)c2ccccc2)C1. The van der Waals surface area contributed by atoms with Crippen LogP contribution in [0.5, 0.6) is 0 Å². The number of ether oxygens (including phenoxy) is 1. The highest BCUT2D eigenvalue weighted by molar-refractivity contribution is 5.87. The topological polar surface area (TPSA) is 29.5 Å². The summed E-state index contributed by atoms with van der Waals surface area (Å²) in [4.78, 5) is 15.4. The molecule has 3 nitrogen and oxygen atoms in total. The molecule has 26 heavy (non-hydrogen) atoms. The maximum absolute atomic E-state index is 13.4. The van der Waals surface area contributed by atoms with Crippen LogP contribution in [-0.4, -0.2) is 37.1 Å². The van der Waals surface area contributed by atoms with E-state index in [1.165, 1.54) is 0 Å². The van der Waals surface area contributed by atoms with E-state index in [0.29, 0.717) is 19.1 Å². The fourth-order valence-electron chi connectivity index (χ4n) is 3.64. The first-order valence-electron chi connectivity index (χ1n) is 9.19. The molecule has 134 valence electrons. The molecule has 0 radical (unpaired) electrons. The fraction of sp³-hybridized carbons (Fsp3) is 0.348. The van der Waals surface area contributed by atoms with Crippen LogP contribution in [0.25, 0.3) is 0 Å². The maximum atomic E-state index is 13.4. The third-order valence-electron chi connectivity index (χ3n) is 4.88. The van der Waals surface area contributed by atoms with Crippen LogP contribution >= 0.6 is 0 Å². The second-order valence-corrected chi connectivity index (χ2v) is 6.77. The van der Waals surface area contributed by atoms with E-state index in [4.69, 9.17) is 11.2 Å². The van der Waals surface area contributed by atoms with E-state index in [-0.39, 0.29) is 11.8 Å². The van der Waals surface area contributed by atoms with Gasteiger partial charge in [-0.25, -0.2) is 0 Å². The van der Waals surface area contributed by atoms with Crippen LogP contribution in [-0.2, 0) is 9.53 Å². The largest absolute Gasteiger partial charge is 0.368 e. The number of carbonyl (C=O) groups excluding carboxylic acids is 1. The summed E-state index contributed by atoms with van der Waals surface area (Å²) in [5, 5.41) is 0. The lowest BCUT2D eigenvalue weighted by Gasteiger charge is -2.35. The molecule has 0 bridgehead atoms. The van der Waals surface area contributed by atoms with E-state index >= 15 is 0 Å². The Morgan fingerprint density at radius 2 is 1.73 bits per heavy atom. The zero-order valence-electron chi connectivity index (χ0n) is 15.0. The van der Waals surface area contributed by atoms with E-state index in [2.05, 4.69) is 5.92 Å². The average Bonchev–Trinajstić information content (AvgIpc) is 2.70. The zero-order valence-corrected chi connectivity index (χ0v) is 15.0. The Bertz CT molecular complexity index is 696. The second kappa shape index (κ2) is 9.22. The molecule has 0 aliphatic carbocycles. The molecule has 1 saturated heterocycles. The van der Waals surface area contributed by atoms with Crippen LogP contribution in [0.3, 0.4) is 0 Å².